The molecule has 0 aromatic rings. The molecule has 10 nitrogen and oxygen atoms in total. The number of likely N-dealkylation sites (tertiary alicyclic amines) is 1. The number of hydrogen-bond donors (Lipinski definition) is 3. The fraction of sp³-hybridized carbons (Fsp3) is 0.815. The molecule has 5 amide bonds. The summed E-state index contributed by atoms with van der Waals surface area (Å²) in [4.78, 5) is 67.1. The predicted molar refractivity (Wildman–Crippen MR) is 141 cm³/mol. The highest BCUT2D eigenvalue weighted by Crippen LogP contribution is 2.43. The fourth-order valence-electron chi connectivity index (χ4n) is 6.17. The first kappa shape index (κ1) is 29.6. The van der Waals surface area contributed by atoms with Crippen LogP contribution in [0.15, 0.2) is 0 Å². The normalized spacial score (nSPS) is 28.2. The zero-order valence-corrected chi connectivity index (χ0v) is 23.8. The third-order valence-electron chi connectivity index (χ3n) is 9.12. The molecule has 0 spiro atoms. The van der Waals surface area contributed by atoms with E-state index in [0.717, 1.165) is 37.1 Å². The Morgan fingerprint density at radius 3 is 2.46 bits per heavy atom. The van der Waals surface area contributed by atoms with Crippen molar-refractivity contribution in [1.29, 1.82) is 0 Å². The number of nitrogens with one attached hydrogen (secondary N) is 3. The SMILES string of the molecule is CCC(C)(C)C(NC(=O)C1CC1)C(=O)N1C[C@@H]2CCC[C@@H]2[C@H]1C(=O)NN(C[C@H]1CCCNC1=O)C(=O)C(F)Cl. The zero-order valence-electron chi connectivity index (χ0n) is 23.0. The largest absolute Gasteiger partial charge is 0.356 e. The summed E-state index contributed by atoms with van der Waals surface area (Å²) in [6.07, 6.45) is 5.94. The molecule has 2 heterocycles. The number of carbonyl (C=O) groups is 5. The van der Waals surface area contributed by atoms with Gasteiger partial charge in [0.25, 0.3) is 17.4 Å². The van der Waals surface area contributed by atoms with Gasteiger partial charge in [0.15, 0.2) is 0 Å². The van der Waals surface area contributed by atoms with Crippen molar-refractivity contribution in [2.45, 2.75) is 89.9 Å². The monoisotopic (exact) mass is 569 g/mol. The average molecular weight is 570 g/mol. The van der Waals surface area contributed by atoms with Gasteiger partial charge in [-0.1, -0.05) is 38.8 Å². The molecule has 0 radical (unpaired) electrons. The van der Waals surface area contributed by atoms with Crippen molar-refractivity contribution < 1.29 is 28.4 Å². The van der Waals surface area contributed by atoms with Crippen LogP contribution in [0.2, 0.25) is 0 Å². The summed E-state index contributed by atoms with van der Waals surface area (Å²) in [6, 6.07) is -1.70. The Balaban J connectivity index is 1.57. The van der Waals surface area contributed by atoms with Crippen LogP contribution in [0.4, 0.5) is 4.39 Å². The lowest BCUT2D eigenvalue weighted by atomic mass is 9.80. The van der Waals surface area contributed by atoms with E-state index in [4.69, 9.17) is 11.6 Å². The maximum atomic E-state index is 14.1. The topological polar surface area (TPSA) is 128 Å². The van der Waals surface area contributed by atoms with Crippen LogP contribution in [0, 0.1) is 29.1 Å². The minimum absolute atomic E-state index is 0.0780. The van der Waals surface area contributed by atoms with Crippen LogP contribution in [0.25, 0.3) is 0 Å². The molecule has 0 aromatic heterocycles. The van der Waals surface area contributed by atoms with Gasteiger partial charge in [-0.15, -0.1) is 0 Å². The highest BCUT2D eigenvalue weighted by atomic mass is 35.5. The predicted octanol–water partition coefficient (Wildman–Crippen LogP) is 1.86. The van der Waals surface area contributed by atoms with Crippen molar-refractivity contribution in [3.05, 3.63) is 0 Å². The molecule has 218 valence electrons. The summed E-state index contributed by atoms with van der Waals surface area (Å²) in [6.45, 7) is 6.47. The van der Waals surface area contributed by atoms with E-state index in [-0.39, 0.29) is 42.0 Å². The molecule has 2 aliphatic heterocycles. The number of fused-ring (bicyclic) bond motifs is 1. The van der Waals surface area contributed by atoms with E-state index in [9.17, 15) is 28.4 Å². The molecule has 3 N–H and O–H groups in total. The fourth-order valence-corrected chi connectivity index (χ4v) is 6.29. The maximum absolute atomic E-state index is 14.1. The van der Waals surface area contributed by atoms with Crippen LogP contribution in [0.3, 0.4) is 0 Å². The summed E-state index contributed by atoms with van der Waals surface area (Å²) in [5.74, 6) is -3.22. The molecular weight excluding hydrogens is 529 g/mol. The molecule has 4 rings (SSSR count). The van der Waals surface area contributed by atoms with Gasteiger partial charge in [-0.25, -0.2) is 9.40 Å². The first-order valence-electron chi connectivity index (χ1n) is 14.2. The van der Waals surface area contributed by atoms with E-state index in [1.165, 1.54) is 0 Å². The number of carbonyl (C=O) groups excluding carboxylic acids is 5. The lowest BCUT2D eigenvalue weighted by molar-refractivity contribution is -0.151. The summed E-state index contributed by atoms with van der Waals surface area (Å²) in [7, 11) is 0. The Hall–Kier alpha value is -2.43. The Bertz CT molecular complexity index is 990. The quantitative estimate of drug-likeness (QED) is 0.288. The molecule has 39 heavy (non-hydrogen) atoms. The van der Waals surface area contributed by atoms with Crippen LogP contribution < -0.4 is 16.1 Å². The van der Waals surface area contributed by atoms with Crippen LogP contribution in [-0.2, 0) is 24.0 Å². The van der Waals surface area contributed by atoms with Crippen molar-refractivity contribution in [3.8, 4) is 0 Å². The number of hydrogen-bond acceptors (Lipinski definition) is 5. The highest BCUT2D eigenvalue weighted by Gasteiger charge is 2.53. The lowest BCUT2D eigenvalue weighted by Gasteiger charge is -2.38. The summed E-state index contributed by atoms with van der Waals surface area (Å²) >= 11 is 5.46. The van der Waals surface area contributed by atoms with Gasteiger partial charge >= 0.3 is 0 Å². The number of amides is 5. The van der Waals surface area contributed by atoms with Gasteiger partial charge in [-0.2, -0.15) is 0 Å². The van der Waals surface area contributed by atoms with E-state index >= 15 is 0 Å². The number of halogens is 2. The number of hydrazine groups is 1. The van der Waals surface area contributed by atoms with Gasteiger partial charge in [-0.3, -0.25) is 29.4 Å². The molecule has 0 bridgehead atoms. The molecule has 2 saturated heterocycles. The van der Waals surface area contributed by atoms with Gasteiger partial charge in [0.2, 0.25) is 17.7 Å². The summed E-state index contributed by atoms with van der Waals surface area (Å²) in [5, 5.41) is 6.48. The molecule has 0 aromatic carbocycles. The van der Waals surface area contributed by atoms with Crippen LogP contribution in [0.5, 0.6) is 0 Å². The van der Waals surface area contributed by atoms with Gasteiger partial charge in [0.05, 0.1) is 12.5 Å². The van der Waals surface area contributed by atoms with Crippen molar-refractivity contribution in [2.24, 2.45) is 29.1 Å². The Morgan fingerprint density at radius 2 is 1.85 bits per heavy atom. The van der Waals surface area contributed by atoms with E-state index in [1.54, 1.807) is 4.90 Å². The van der Waals surface area contributed by atoms with Gasteiger partial charge in [-0.05, 0) is 62.2 Å². The van der Waals surface area contributed by atoms with Crippen LogP contribution in [-0.4, -0.2) is 76.8 Å². The van der Waals surface area contributed by atoms with Crippen LogP contribution >= 0.6 is 11.6 Å². The molecule has 2 unspecified atom stereocenters. The second kappa shape index (κ2) is 12.0. The zero-order chi connectivity index (χ0) is 28.5. The van der Waals surface area contributed by atoms with E-state index < -0.39 is 40.9 Å². The molecule has 4 aliphatic rings. The smallest absolute Gasteiger partial charge is 0.291 e. The first-order chi connectivity index (χ1) is 18.4. The molecule has 2 aliphatic carbocycles. The number of nitrogens with zero attached hydrogens (tertiary/aromatic N) is 2. The van der Waals surface area contributed by atoms with Gasteiger partial charge < -0.3 is 15.5 Å². The molecule has 6 atom stereocenters. The Labute approximate surface area is 234 Å². The third kappa shape index (κ3) is 6.49. The second-order valence-electron chi connectivity index (χ2n) is 12.2. The lowest BCUT2D eigenvalue weighted by Crippen LogP contribution is -2.61. The van der Waals surface area contributed by atoms with E-state index in [1.807, 2.05) is 20.8 Å². The number of piperidine rings is 1. The average Bonchev–Trinajstić information content (AvgIpc) is 3.55. The van der Waals surface area contributed by atoms with E-state index in [2.05, 4.69) is 16.1 Å². The highest BCUT2D eigenvalue weighted by molar-refractivity contribution is 6.29. The van der Waals surface area contributed by atoms with Gasteiger partial charge in [0.1, 0.15) is 12.1 Å². The minimum Gasteiger partial charge on any atom is -0.356 e. The first-order valence-corrected chi connectivity index (χ1v) is 14.7. The standard InChI is InChI=1S/C27H41ClFN5O5/c1-4-27(2,3)20(31-23(36)15-10-11-15)25(38)33-13-16-7-5-9-18(16)19(33)24(37)32-34(26(39)21(28)29)14-17-8-6-12-30-22(17)35/h15-21H,4-14H2,1-3H3,(H,30,35)(H,31,36)(H,32,37)/t16-,17+,18-,19-,20?,21?/m0/s1. The minimum atomic E-state index is -2.40. The number of rotatable bonds is 9. The Morgan fingerprint density at radius 1 is 1.13 bits per heavy atom. The Kier molecular flexibility index (Phi) is 9.08. The van der Waals surface area contributed by atoms with Crippen LogP contribution in [0.1, 0.15) is 72.1 Å². The molecule has 4 fully saturated rings. The van der Waals surface area contributed by atoms with Crippen molar-refractivity contribution >= 4 is 41.1 Å². The van der Waals surface area contributed by atoms with E-state index in [0.29, 0.717) is 32.4 Å². The summed E-state index contributed by atoms with van der Waals surface area (Å²) in [5.41, 5.74) is -0.432. The third-order valence-corrected chi connectivity index (χ3v) is 9.30. The maximum Gasteiger partial charge on any atom is 0.291 e. The molecule has 2 saturated carbocycles. The molecular formula is C27H41ClFN5O5. The van der Waals surface area contributed by atoms with Crippen molar-refractivity contribution in [1.82, 2.24) is 26.0 Å². The van der Waals surface area contributed by atoms with Crippen molar-refractivity contribution in [2.75, 3.05) is 19.6 Å². The number of alkyl halides is 2. The molecule has 12 heteroatoms. The summed E-state index contributed by atoms with van der Waals surface area (Å²) < 4.78 is 13.9. The van der Waals surface area contributed by atoms with Crippen molar-refractivity contribution in [3.63, 3.8) is 0 Å². The van der Waals surface area contributed by atoms with Gasteiger partial charge in [0, 0.05) is 19.0 Å². The second-order valence-corrected chi connectivity index (χ2v) is 12.6.